The van der Waals surface area contributed by atoms with Crippen LogP contribution in [0.25, 0.3) is 0 Å². The summed E-state index contributed by atoms with van der Waals surface area (Å²) in [5.41, 5.74) is -0.826. The van der Waals surface area contributed by atoms with E-state index >= 15 is 0 Å². The summed E-state index contributed by atoms with van der Waals surface area (Å²) in [6.45, 7) is 3.55. The van der Waals surface area contributed by atoms with Crippen LogP contribution in [0.1, 0.15) is 26.7 Å². The van der Waals surface area contributed by atoms with E-state index in [2.05, 4.69) is 5.32 Å². The number of carbonyl (C=O) groups excluding carboxylic acids is 1. The Morgan fingerprint density at radius 1 is 1.50 bits per heavy atom. The van der Waals surface area contributed by atoms with Gasteiger partial charge in [0.2, 0.25) is 5.91 Å². The molecular weight excluding hydrogens is 186 g/mol. The molecule has 1 atom stereocenters. The Bertz CT molecular complexity index is 217. The van der Waals surface area contributed by atoms with Gasteiger partial charge in [-0.2, -0.15) is 0 Å². The molecule has 0 saturated heterocycles. The smallest absolute Gasteiger partial charge is 0.305 e. The van der Waals surface area contributed by atoms with Crippen LogP contribution in [0.5, 0.6) is 0 Å². The predicted octanol–water partition coefficient (Wildman–Crippen LogP) is 0.392. The van der Waals surface area contributed by atoms with Gasteiger partial charge < -0.3 is 15.2 Å². The van der Waals surface area contributed by atoms with Gasteiger partial charge in [0.15, 0.2) is 0 Å². The van der Waals surface area contributed by atoms with Gasteiger partial charge in [-0.05, 0) is 6.92 Å². The van der Waals surface area contributed by atoms with Crippen LogP contribution in [0.15, 0.2) is 0 Å². The van der Waals surface area contributed by atoms with Crippen molar-refractivity contribution in [3.8, 4) is 0 Å². The highest BCUT2D eigenvalue weighted by molar-refractivity contribution is 5.77. The lowest BCUT2D eigenvalue weighted by atomic mass is 9.99. The van der Waals surface area contributed by atoms with Crippen molar-refractivity contribution in [3.63, 3.8) is 0 Å². The first kappa shape index (κ1) is 12.9. The van der Waals surface area contributed by atoms with Crippen molar-refractivity contribution in [2.75, 3.05) is 13.7 Å². The lowest BCUT2D eigenvalue weighted by molar-refractivity contribution is -0.139. The van der Waals surface area contributed by atoms with E-state index in [1.54, 1.807) is 13.8 Å². The Morgan fingerprint density at radius 3 is 2.43 bits per heavy atom. The van der Waals surface area contributed by atoms with Gasteiger partial charge in [-0.25, -0.2) is 0 Å². The largest absolute Gasteiger partial charge is 0.481 e. The fourth-order valence-electron chi connectivity index (χ4n) is 1.21. The van der Waals surface area contributed by atoms with Crippen LogP contribution in [-0.4, -0.2) is 36.2 Å². The lowest BCUT2D eigenvalue weighted by Gasteiger charge is -2.28. The van der Waals surface area contributed by atoms with Crippen LogP contribution in [0.3, 0.4) is 0 Å². The third-order valence-electron chi connectivity index (χ3n) is 1.77. The molecule has 82 valence electrons. The molecule has 0 spiro atoms. The Balaban J connectivity index is 4.37. The molecule has 1 amide bonds. The van der Waals surface area contributed by atoms with E-state index in [9.17, 15) is 9.59 Å². The SMILES string of the molecule is CCC(=O)NC(C)(COC)CC(=O)O. The minimum absolute atomic E-state index is 0.146. The summed E-state index contributed by atoms with van der Waals surface area (Å²) in [6.07, 6.45) is 0.186. The summed E-state index contributed by atoms with van der Waals surface area (Å²) < 4.78 is 4.88. The third kappa shape index (κ3) is 4.81. The summed E-state index contributed by atoms with van der Waals surface area (Å²) in [5, 5.41) is 11.3. The molecule has 0 fully saturated rings. The molecule has 0 aliphatic carbocycles. The average Bonchev–Trinajstić information content (AvgIpc) is 2.02. The van der Waals surface area contributed by atoms with Crippen molar-refractivity contribution < 1.29 is 19.4 Å². The number of hydrogen-bond donors (Lipinski definition) is 2. The molecule has 5 nitrogen and oxygen atoms in total. The second-order valence-electron chi connectivity index (χ2n) is 3.47. The van der Waals surface area contributed by atoms with Gasteiger partial charge in [-0.3, -0.25) is 9.59 Å². The average molecular weight is 203 g/mol. The first-order valence-corrected chi connectivity index (χ1v) is 4.45. The van der Waals surface area contributed by atoms with Crippen molar-refractivity contribution in [3.05, 3.63) is 0 Å². The number of carbonyl (C=O) groups is 2. The maximum absolute atomic E-state index is 11.1. The van der Waals surface area contributed by atoms with E-state index in [1.165, 1.54) is 7.11 Å². The Hall–Kier alpha value is -1.10. The zero-order valence-corrected chi connectivity index (χ0v) is 8.79. The maximum Gasteiger partial charge on any atom is 0.305 e. The first-order chi connectivity index (χ1) is 6.43. The van der Waals surface area contributed by atoms with Gasteiger partial charge in [-0.15, -0.1) is 0 Å². The maximum atomic E-state index is 11.1. The van der Waals surface area contributed by atoms with Gasteiger partial charge in [0, 0.05) is 13.5 Å². The summed E-state index contributed by atoms with van der Waals surface area (Å²) >= 11 is 0. The van der Waals surface area contributed by atoms with Gasteiger partial charge in [0.25, 0.3) is 0 Å². The molecule has 0 aliphatic heterocycles. The molecule has 0 bridgehead atoms. The van der Waals surface area contributed by atoms with Gasteiger partial charge >= 0.3 is 5.97 Å². The van der Waals surface area contributed by atoms with Gasteiger partial charge in [-0.1, -0.05) is 6.92 Å². The minimum atomic E-state index is -0.957. The van der Waals surface area contributed by atoms with E-state index in [1.807, 2.05) is 0 Å². The quantitative estimate of drug-likeness (QED) is 0.655. The molecule has 0 rings (SSSR count). The van der Waals surface area contributed by atoms with Crippen LogP contribution < -0.4 is 5.32 Å². The molecule has 0 aromatic carbocycles. The summed E-state index contributed by atoms with van der Waals surface area (Å²) in [7, 11) is 1.47. The molecule has 0 aromatic heterocycles. The molecule has 5 heteroatoms. The topological polar surface area (TPSA) is 75.6 Å². The first-order valence-electron chi connectivity index (χ1n) is 4.45. The fraction of sp³-hybridized carbons (Fsp3) is 0.778. The minimum Gasteiger partial charge on any atom is -0.481 e. The summed E-state index contributed by atoms with van der Waals surface area (Å²) in [5.74, 6) is -1.13. The normalized spacial score (nSPS) is 14.5. The Labute approximate surface area is 83.4 Å². The van der Waals surface area contributed by atoms with E-state index < -0.39 is 11.5 Å². The van der Waals surface area contributed by atoms with Crippen molar-refractivity contribution in [1.29, 1.82) is 0 Å². The number of amides is 1. The predicted molar refractivity (Wildman–Crippen MR) is 51.0 cm³/mol. The number of carboxylic acids is 1. The molecule has 0 radical (unpaired) electrons. The molecule has 0 saturated carbocycles. The summed E-state index contributed by atoms with van der Waals surface area (Å²) in [4.78, 5) is 21.7. The van der Waals surface area contributed by atoms with E-state index in [4.69, 9.17) is 9.84 Å². The highest BCUT2D eigenvalue weighted by atomic mass is 16.5. The number of rotatable bonds is 6. The molecule has 0 aromatic rings. The highest BCUT2D eigenvalue weighted by Crippen LogP contribution is 2.10. The van der Waals surface area contributed by atoms with E-state index in [0.717, 1.165) is 0 Å². The van der Waals surface area contributed by atoms with E-state index in [-0.39, 0.29) is 18.9 Å². The second-order valence-corrected chi connectivity index (χ2v) is 3.47. The van der Waals surface area contributed by atoms with Crippen LogP contribution in [0, 0.1) is 0 Å². The Kier molecular flexibility index (Phi) is 5.15. The van der Waals surface area contributed by atoms with Crippen LogP contribution in [0.2, 0.25) is 0 Å². The molecule has 0 heterocycles. The highest BCUT2D eigenvalue weighted by Gasteiger charge is 2.28. The van der Waals surface area contributed by atoms with Crippen molar-refractivity contribution >= 4 is 11.9 Å². The van der Waals surface area contributed by atoms with Crippen molar-refractivity contribution in [2.45, 2.75) is 32.2 Å². The van der Waals surface area contributed by atoms with E-state index in [0.29, 0.717) is 6.42 Å². The standard InChI is InChI=1S/C9H17NO4/c1-4-7(11)10-9(2,6-14-3)5-8(12)13/h4-6H2,1-3H3,(H,10,11)(H,12,13). The molecule has 0 aliphatic rings. The third-order valence-corrected chi connectivity index (χ3v) is 1.77. The zero-order chi connectivity index (χ0) is 11.2. The second kappa shape index (κ2) is 5.59. The fourth-order valence-corrected chi connectivity index (χ4v) is 1.21. The monoisotopic (exact) mass is 203 g/mol. The van der Waals surface area contributed by atoms with Gasteiger partial charge in [0.05, 0.1) is 18.6 Å². The van der Waals surface area contributed by atoms with Crippen LogP contribution >= 0.6 is 0 Å². The van der Waals surface area contributed by atoms with Gasteiger partial charge in [0.1, 0.15) is 0 Å². The van der Waals surface area contributed by atoms with Crippen LogP contribution in [0.4, 0.5) is 0 Å². The van der Waals surface area contributed by atoms with Crippen molar-refractivity contribution in [1.82, 2.24) is 5.32 Å². The number of ether oxygens (including phenoxy) is 1. The number of methoxy groups -OCH3 is 1. The lowest BCUT2D eigenvalue weighted by Crippen LogP contribution is -2.50. The molecule has 1 unspecified atom stereocenters. The molecular formula is C9H17NO4. The Morgan fingerprint density at radius 2 is 2.07 bits per heavy atom. The molecule has 14 heavy (non-hydrogen) atoms. The number of nitrogens with one attached hydrogen (secondary N) is 1. The molecule has 2 N–H and O–H groups in total. The van der Waals surface area contributed by atoms with Crippen molar-refractivity contribution in [2.24, 2.45) is 0 Å². The number of carboxylic acid groups (broad SMARTS) is 1. The van der Waals surface area contributed by atoms with Crippen LogP contribution in [-0.2, 0) is 14.3 Å². The number of aliphatic carboxylic acids is 1. The zero-order valence-electron chi connectivity index (χ0n) is 8.79. The summed E-state index contributed by atoms with van der Waals surface area (Å²) in [6, 6.07) is 0. The number of hydrogen-bond acceptors (Lipinski definition) is 3.